The number of carbonyl (C=O) groups excluding carboxylic acids is 2. The van der Waals surface area contributed by atoms with E-state index >= 15 is 0 Å². The van der Waals surface area contributed by atoms with Gasteiger partial charge in [-0.15, -0.1) is 0 Å². The van der Waals surface area contributed by atoms with Crippen LogP contribution in [-0.2, 0) is 4.79 Å². The SMILES string of the molecule is COc1cc(C(=O)N2CC(=O)Nc3ccc(F)cc3[C@@H]2c2ccccc2)cc(OC)c1OC. The molecule has 0 bridgehead atoms. The minimum atomic E-state index is -0.706. The normalized spacial score (nSPS) is 15.2. The van der Waals surface area contributed by atoms with Gasteiger partial charge in [-0.25, -0.2) is 4.39 Å². The minimum Gasteiger partial charge on any atom is -0.493 e. The number of carbonyl (C=O) groups is 2. The molecule has 1 atom stereocenters. The van der Waals surface area contributed by atoms with Crippen LogP contribution in [0.1, 0.15) is 27.5 Å². The van der Waals surface area contributed by atoms with E-state index in [-0.39, 0.29) is 18.0 Å². The molecule has 1 aliphatic rings. The molecular formula is C25H23FN2O5. The number of hydrogen-bond donors (Lipinski definition) is 1. The molecule has 1 heterocycles. The van der Waals surface area contributed by atoms with E-state index in [1.165, 1.54) is 56.6 Å². The molecule has 0 fully saturated rings. The average molecular weight is 450 g/mol. The molecule has 170 valence electrons. The van der Waals surface area contributed by atoms with Crippen molar-refractivity contribution in [2.75, 3.05) is 33.2 Å². The van der Waals surface area contributed by atoms with Gasteiger partial charge in [0, 0.05) is 16.8 Å². The van der Waals surface area contributed by atoms with Crippen LogP contribution in [-0.4, -0.2) is 44.6 Å². The summed E-state index contributed by atoms with van der Waals surface area (Å²) in [6, 6.07) is 15.7. The van der Waals surface area contributed by atoms with Crippen molar-refractivity contribution >= 4 is 17.5 Å². The van der Waals surface area contributed by atoms with Crippen LogP contribution in [0.3, 0.4) is 0 Å². The third-order valence-electron chi connectivity index (χ3n) is 5.50. The van der Waals surface area contributed by atoms with E-state index in [1.807, 2.05) is 30.3 Å². The Hall–Kier alpha value is -4.07. The summed E-state index contributed by atoms with van der Waals surface area (Å²) >= 11 is 0. The summed E-state index contributed by atoms with van der Waals surface area (Å²) in [5, 5.41) is 2.78. The third kappa shape index (κ3) is 4.19. The predicted molar refractivity (Wildman–Crippen MR) is 120 cm³/mol. The lowest BCUT2D eigenvalue weighted by Crippen LogP contribution is -2.39. The second kappa shape index (κ2) is 9.20. The van der Waals surface area contributed by atoms with E-state index in [9.17, 15) is 14.0 Å². The fourth-order valence-electron chi connectivity index (χ4n) is 4.03. The van der Waals surface area contributed by atoms with Gasteiger partial charge in [-0.3, -0.25) is 9.59 Å². The van der Waals surface area contributed by atoms with Gasteiger partial charge < -0.3 is 24.4 Å². The number of methoxy groups -OCH3 is 3. The average Bonchev–Trinajstić information content (AvgIpc) is 2.98. The van der Waals surface area contributed by atoms with Crippen molar-refractivity contribution in [3.05, 3.63) is 83.2 Å². The molecule has 0 spiro atoms. The second-order valence-electron chi connectivity index (χ2n) is 7.44. The van der Waals surface area contributed by atoms with Gasteiger partial charge in [-0.2, -0.15) is 0 Å². The zero-order chi connectivity index (χ0) is 23.5. The number of anilines is 1. The number of nitrogens with one attached hydrogen (secondary N) is 1. The first-order chi connectivity index (χ1) is 16.0. The van der Waals surface area contributed by atoms with E-state index in [0.717, 1.165) is 5.56 Å². The van der Waals surface area contributed by atoms with Crippen molar-refractivity contribution in [1.82, 2.24) is 4.90 Å². The lowest BCUT2D eigenvalue weighted by Gasteiger charge is -2.31. The van der Waals surface area contributed by atoms with Gasteiger partial charge in [0.1, 0.15) is 12.4 Å². The highest BCUT2D eigenvalue weighted by Gasteiger charge is 2.35. The Labute approximate surface area is 190 Å². The minimum absolute atomic E-state index is 0.231. The molecule has 0 saturated heterocycles. The van der Waals surface area contributed by atoms with Crippen LogP contribution >= 0.6 is 0 Å². The maximum Gasteiger partial charge on any atom is 0.255 e. The maximum absolute atomic E-state index is 14.3. The number of hydrogen-bond acceptors (Lipinski definition) is 5. The van der Waals surface area contributed by atoms with Gasteiger partial charge in [-0.05, 0) is 35.9 Å². The molecule has 0 aromatic heterocycles. The van der Waals surface area contributed by atoms with Crippen LogP contribution in [0.4, 0.5) is 10.1 Å². The number of ether oxygens (including phenoxy) is 3. The quantitative estimate of drug-likeness (QED) is 0.635. The molecular weight excluding hydrogens is 427 g/mol. The van der Waals surface area contributed by atoms with Crippen molar-refractivity contribution in [3.63, 3.8) is 0 Å². The van der Waals surface area contributed by atoms with Crippen LogP contribution in [0.25, 0.3) is 0 Å². The fraction of sp³-hybridized carbons (Fsp3) is 0.200. The van der Waals surface area contributed by atoms with Crippen LogP contribution in [0.5, 0.6) is 17.2 Å². The zero-order valence-electron chi connectivity index (χ0n) is 18.4. The van der Waals surface area contributed by atoms with Gasteiger partial charge in [0.15, 0.2) is 11.5 Å². The zero-order valence-corrected chi connectivity index (χ0v) is 18.4. The van der Waals surface area contributed by atoms with E-state index in [2.05, 4.69) is 5.32 Å². The summed E-state index contributed by atoms with van der Waals surface area (Å²) in [5.74, 6) is -0.343. The Morgan fingerprint density at radius 1 is 0.970 bits per heavy atom. The Morgan fingerprint density at radius 2 is 1.64 bits per heavy atom. The summed E-state index contributed by atoms with van der Waals surface area (Å²) in [6.45, 7) is -0.231. The summed E-state index contributed by atoms with van der Waals surface area (Å²) < 4.78 is 30.4. The Morgan fingerprint density at radius 3 is 2.24 bits per heavy atom. The van der Waals surface area contributed by atoms with Crippen molar-refractivity contribution in [2.24, 2.45) is 0 Å². The maximum atomic E-state index is 14.3. The van der Waals surface area contributed by atoms with E-state index in [1.54, 1.807) is 0 Å². The molecule has 0 unspecified atom stereocenters. The van der Waals surface area contributed by atoms with Crippen molar-refractivity contribution in [1.29, 1.82) is 0 Å². The van der Waals surface area contributed by atoms with Crippen LogP contribution in [0.2, 0.25) is 0 Å². The van der Waals surface area contributed by atoms with Gasteiger partial charge in [0.25, 0.3) is 5.91 Å². The number of fused-ring (bicyclic) bond motifs is 1. The summed E-state index contributed by atoms with van der Waals surface area (Å²) in [6.07, 6.45) is 0. The number of benzene rings is 3. The highest BCUT2D eigenvalue weighted by atomic mass is 19.1. The van der Waals surface area contributed by atoms with Gasteiger partial charge in [0.2, 0.25) is 11.7 Å². The molecule has 0 saturated carbocycles. The van der Waals surface area contributed by atoms with Crippen LogP contribution in [0, 0.1) is 5.82 Å². The van der Waals surface area contributed by atoms with Crippen LogP contribution in [0.15, 0.2) is 60.7 Å². The molecule has 0 radical (unpaired) electrons. The lowest BCUT2D eigenvalue weighted by atomic mass is 9.95. The van der Waals surface area contributed by atoms with E-state index < -0.39 is 17.8 Å². The fourth-order valence-corrected chi connectivity index (χ4v) is 4.03. The number of rotatable bonds is 5. The lowest BCUT2D eigenvalue weighted by molar-refractivity contribution is -0.117. The molecule has 2 amide bonds. The van der Waals surface area contributed by atoms with Crippen molar-refractivity contribution in [2.45, 2.75) is 6.04 Å². The molecule has 1 aliphatic heterocycles. The molecule has 7 nitrogen and oxygen atoms in total. The summed E-state index contributed by atoms with van der Waals surface area (Å²) in [5.41, 5.74) is 1.91. The first-order valence-electron chi connectivity index (χ1n) is 10.2. The molecule has 3 aromatic rings. The smallest absolute Gasteiger partial charge is 0.255 e. The standard InChI is InChI=1S/C25H23FN2O5/c1-31-20-11-16(12-21(32-2)24(20)33-3)25(30)28-14-22(29)27-19-10-9-17(26)13-18(19)23(28)15-7-5-4-6-8-15/h4-13,23H,14H2,1-3H3,(H,27,29)/t23-/m0/s1. The Balaban J connectivity index is 1.89. The Bertz CT molecular complexity index is 1170. The van der Waals surface area contributed by atoms with Crippen molar-refractivity contribution in [3.8, 4) is 17.2 Å². The highest BCUT2D eigenvalue weighted by molar-refractivity contribution is 6.02. The van der Waals surface area contributed by atoms with Gasteiger partial charge in [-0.1, -0.05) is 30.3 Å². The van der Waals surface area contributed by atoms with E-state index in [4.69, 9.17) is 14.2 Å². The van der Waals surface area contributed by atoms with Gasteiger partial charge in [0.05, 0.1) is 27.4 Å². The molecule has 3 aromatic carbocycles. The third-order valence-corrected chi connectivity index (χ3v) is 5.50. The van der Waals surface area contributed by atoms with Gasteiger partial charge >= 0.3 is 0 Å². The molecule has 1 N–H and O–H groups in total. The second-order valence-corrected chi connectivity index (χ2v) is 7.44. The number of amides is 2. The predicted octanol–water partition coefficient (Wildman–Crippen LogP) is 4.04. The van der Waals surface area contributed by atoms with E-state index in [0.29, 0.717) is 28.5 Å². The Kier molecular flexibility index (Phi) is 6.17. The molecule has 4 rings (SSSR count). The molecule has 8 heteroatoms. The first-order valence-corrected chi connectivity index (χ1v) is 10.2. The first kappa shape index (κ1) is 22.1. The van der Waals surface area contributed by atoms with Crippen LogP contribution < -0.4 is 19.5 Å². The molecule has 33 heavy (non-hydrogen) atoms. The topological polar surface area (TPSA) is 77.1 Å². The number of nitrogens with zero attached hydrogens (tertiary/aromatic N) is 1. The molecule has 0 aliphatic carbocycles. The summed E-state index contributed by atoms with van der Waals surface area (Å²) in [7, 11) is 4.38. The summed E-state index contributed by atoms with van der Waals surface area (Å²) in [4.78, 5) is 28.0. The number of halogens is 1. The highest BCUT2D eigenvalue weighted by Crippen LogP contribution is 2.41. The monoisotopic (exact) mass is 450 g/mol. The van der Waals surface area contributed by atoms with Crippen molar-refractivity contribution < 1.29 is 28.2 Å². The largest absolute Gasteiger partial charge is 0.493 e.